The average molecular weight is 601 g/mol. The van der Waals surface area contributed by atoms with E-state index in [2.05, 4.69) is 14.8 Å². The van der Waals surface area contributed by atoms with Gasteiger partial charge in [0.2, 0.25) is 5.95 Å². The molecule has 2 aromatic carbocycles. The lowest BCUT2D eigenvalue weighted by Gasteiger charge is -2.44. The minimum atomic E-state index is -0.831. The molecular formula is C30H35ClF2N6O3. The van der Waals surface area contributed by atoms with E-state index in [1.165, 1.54) is 12.1 Å². The van der Waals surface area contributed by atoms with E-state index in [-0.39, 0.29) is 39.8 Å². The first kappa shape index (κ1) is 28.7. The highest BCUT2D eigenvalue weighted by Crippen LogP contribution is 2.44. The highest BCUT2D eigenvalue weighted by atomic mass is 35.5. The number of phenolic OH excluding ortho intramolecular Hbond substituents is 1. The number of anilines is 2. The number of carbonyl (C=O) groups excluding carboxylic acids is 1. The van der Waals surface area contributed by atoms with E-state index in [4.69, 9.17) is 21.3 Å². The number of fused-ring (bicyclic) bond motifs is 3. The summed E-state index contributed by atoms with van der Waals surface area (Å²) in [6, 6.07) is 5.44. The Labute approximate surface area is 248 Å². The first-order valence-corrected chi connectivity index (χ1v) is 14.6. The summed E-state index contributed by atoms with van der Waals surface area (Å²) in [5, 5.41) is 10.8. The standard InChI is InChI=1S/C30H35ClF2N6O3/c1-30(2,3)42-29(41)39-16-9-10-17(39)13-37(12-16)27-19-11-20(31)23(24-21(32)7-6-8-22(24)40)25(33)26(19)34-28(35-27)38-14-18(15-38)36(4)5/h6-8,11,16-18,40H,9-10,12-15H2,1-5H3/t16-,17+. The van der Waals surface area contributed by atoms with Crippen molar-refractivity contribution in [1.82, 2.24) is 19.8 Å². The predicted molar refractivity (Wildman–Crippen MR) is 158 cm³/mol. The summed E-state index contributed by atoms with van der Waals surface area (Å²) < 4.78 is 37.0. The number of hydrogen-bond acceptors (Lipinski definition) is 8. The van der Waals surface area contributed by atoms with Gasteiger partial charge in [0.1, 0.15) is 28.5 Å². The minimum absolute atomic E-state index is 0.00715. The third kappa shape index (κ3) is 4.96. The van der Waals surface area contributed by atoms with Crippen LogP contribution in [-0.2, 0) is 4.74 Å². The maximum Gasteiger partial charge on any atom is 0.410 e. The fraction of sp³-hybridized carbons (Fsp3) is 0.500. The fourth-order valence-corrected chi connectivity index (χ4v) is 6.46. The molecule has 1 amide bonds. The molecule has 0 spiro atoms. The Bertz CT molecular complexity index is 1520. The lowest BCUT2D eigenvalue weighted by atomic mass is 10.0. The zero-order valence-electron chi connectivity index (χ0n) is 24.4. The number of likely N-dealkylation sites (N-methyl/N-ethyl adjacent to an activating group) is 1. The topological polar surface area (TPSA) is 85.3 Å². The summed E-state index contributed by atoms with van der Waals surface area (Å²) in [4.78, 5) is 30.6. The monoisotopic (exact) mass is 600 g/mol. The third-order valence-corrected chi connectivity index (χ3v) is 8.65. The van der Waals surface area contributed by atoms with Gasteiger partial charge in [-0.05, 0) is 65.9 Å². The Kier molecular flexibility index (Phi) is 7.08. The van der Waals surface area contributed by atoms with Crippen LogP contribution in [0.1, 0.15) is 33.6 Å². The van der Waals surface area contributed by atoms with Crippen molar-refractivity contribution in [2.24, 2.45) is 0 Å². The summed E-state index contributed by atoms with van der Waals surface area (Å²) in [6.45, 7) is 7.86. The first-order valence-electron chi connectivity index (χ1n) is 14.2. The number of benzene rings is 2. The maximum atomic E-state index is 16.4. The van der Waals surface area contributed by atoms with Crippen LogP contribution in [0.15, 0.2) is 24.3 Å². The number of amides is 1. The Balaban J connectivity index is 1.44. The van der Waals surface area contributed by atoms with Gasteiger partial charge in [0, 0.05) is 43.2 Å². The molecule has 12 heteroatoms. The highest BCUT2D eigenvalue weighted by molar-refractivity contribution is 6.34. The van der Waals surface area contributed by atoms with Crippen LogP contribution in [0.3, 0.4) is 0 Å². The van der Waals surface area contributed by atoms with Crippen LogP contribution in [0.4, 0.5) is 25.3 Å². The average Bonchev–Trinajstić information content (AvgIpc) is 3.13. The second-order valence-electron chi connectivity index (χ2n) is 12.6. The summed E-state index contributed by atoms with van der Waals surface area (Å²) >= 11 is 6.61. The van der Waals surface area contributed by atoms with Crippen LogP contribution in [0.2, 0.25) is 5.02 Å². The van der Waals surface area contributed by atoms with Crippen molar-refractivity contribution in [2.75, 3.05) is 50.1 Å². The van der Waals surface area contributed by atoms with Crippen LogP contribution in [0, 0.1) is 11.6 Å². The number of aromatic nitrogens is 2. The number of aromatic hydroxyl groups is 1. The molecule has 9 nitrogen and oxygen atoms in total. The van der Waals surface area contributed by atoms with Crippen molar-refractivity contribution in [3.05, 3.63) is 40.9 Å². The van der Waals surface area contributed by atoms with Gasteiger partial charge in [0.25, 0.3) is 0 Å². The zero-order valence-corrected chi connectivity index (χ0v) is 25.1. The molecule has 3 aliphatic rings. The van der Waals surface area contributed by atoms with E-state index in [1.807, 2.05) is 44.7 Å². The molecule has 0 aliphatic carbocycles. The molecule has 6 rings (SSSR count). The van der Waals surface area contributed by atoms with Crippen molar-refractivity contribution in [3.63, 3.8) is 0 Å². The maximum absolute atomic E-state index is 16.4. The number of phenols is 1. The highest BCUT2D eigenvalue weighted by Gasteiger charge is 2.45. The van der Waals surface area contributed by atoms with Gasteiger partial charge in [-0.2, -0.15) is 4.98 Å². The molecule has 1 aromatic heterocycles. The Hall–Kier alpha value is -3.44. The number of piperazine rings is 1. The number of carbonyl (C=O) groups is 1. The molecule has 3 aromatic rings. The number of rotatable bonds is 4. The van der Waals surface area contributed by atoms with Crippen molar-refractivity contribution < 1.29 is 23.4 Å². The summed E-state index contributed by atoms with van der Waals surface area (Å²) in [5.41, 5.74) is -1.18. The molecule has 0 saturated carbocycles. The van der Waals surface area contributed by atoms with Crippen LogP contribution in [0.5, 0.6) is 5.75 Å². The Morgan fingerprint density at radius 2 is 1.71 bits per heavy atom. The largest absolute Gasteiger partial charge is 0.507 e. The van der Waals surface area contributed by atoms with Crippen molar-refractivity contribution in [2.45, 2.75) is 57.3 Å². The molecule has 0 unspecified atom stereocenters. The van der Waals surface area contributed by atoms with Gasteiger partial charge < -0.3 is 24.5 Å². The van der Waals surface area contributed by atoms with Crippen molar-refractivity contribution in [1.29, 1.82) is 0 Å². The summed E-state index contributed by atoms with van der Waals surface area (Å²) in [5.74, 6) is -1.17. The SMILES string of the molecule is CN(C)C1CN(c2nc(N3C[C@H]4CC[C@@H](C3)N4C(=O)OC(C)(C)C)c3cc(Cl)c(-c4c(O)cccc4F)c(F)c3n2)C1. The van der Waals surface area contributed by atoms with E-state index in [0.29, 0.717) is 49.4 Å². The predicted octanol–water partition coefficient (Wildman–Crippen LogP) is 5.27. The molecule has 2 bridgehead atoms. The van der Waals surface area contributed by atoms with Gasteiger partial charge in [-0.15, -0.1) is 0 Å². The number of hydrogen-bond donors (Lipinski definition) is 1. The van der Waals surface area contributed by atoms with Crippen molar-refractivity contribution >= 4 is 40.4 Å². The smallest absolute Gasteiger partial charge is 0.410 e. The molecule has 3 aliphatic heterocycles. The molecule has 3 fully saturated rings. The molecule has 4 heterocycles. The van der Waals surface area contributed by atoms with Crippen LogP contribution < -0.4 is 9.80 Å². The zero-order chi connectivity index (χ0) is 30.1. The number of halogens is 3. The Morgan fingerprint density at radius 1 is 1.05 bits per heavy atom. The van der Waals surface area contributed by atoms with Crippen LogP contribution in [0.25, 0.3) is 22.0 Å². The molecule has 42 heavy (non-hydrogen) atoms. The third-order valence-electron chi connectivity index (χ3n) is 8.35. The molecule has 1 N–H and O–H groups in total. The molecule has 0 radical (unpaired) electrons. The van der Waals surface area contributed by atoms with E-state index in [9.17, 15) is 14.3 Å². The summed E-state index contributed by atoms with van der Waals surface area (Å²) in [6.07, 6.45) is 1.30. The quantitative estimate of drug-likeness (QED) is 0.433. The van der Waals surface area contributed by atoms with Gasteiger partial charge in [-0.25, -0.2) is 18.6 Å². The second-order valence-corrected chi connectivity index (χ2v) is 13.0. The van der Waals surface area contributed by atoms with E-state index >= 15 is 4.39 Å². The van der Waals surface area contributed by atoms with Crippen molar-refractivity contribution in [3.8, 4) is 16.9 Å². The van der Waals surface area contributed by atoms with Crippen LogP contribution in [-0.4, -0.2) is 95.0 Å². The number of nitrogens with zero attached hydrogens (tertiary/aromatic N) is 6. The Morgan fingerprint density at radius 3 is 2.31 bits per heavy atom. The van der Waals surface area contributed by atoms with Gasteiger partial charge in [0.15, 0.2) is 5.82 Å². The van der Waals surface area contributed by atoms with E-state index < -0.39 is 23.0 Å². The normalized spacial score (nSPS) is 20.9. The van der Waals surface area contributed by atoms with E-state index in [0.717, 1.165) is 18.9 Å². The lowest BCUT2D eigenvalue weighted by Crippen LogP contribution is -2.58. The second kappa shape index (κ2) is 10.4. The summed E-state index contributed by atoms with van der Waals surface area (Å²) in [7, 11) is 4.01. The molecule has 2 atom stereocenters. The molecule has 224 valence electrons. The fourth-order valence-electron chi connectivity index (χ4n) is 6.17. The van der Waals surface area contributed by atoms with Gasteiger partial charge in [0.05, 0.1) is 22.7 Å². The molecule has 3 saturated heterocycles. The van der Waals surface area contributed by atoms with Gasteiger partial charge >= 0.3 is 6.09 Å². The molecular weight excluding hydrogens is 566 g/mol. The van der Waals surface area contributed by atoms with Gasteiger partial charge in [-0.3, -0.25) is 4.90 Å². The lowest BCUT2D eigenvalue weighted by molar-refractivity contribution is 0.0123. The number of ether oxygens (including phenoxy) is 1. The minimum Gasteiger partial charge on any atom is -0.507 e. The van der Waals surface area contributed by atoms with Gasteiger partial charge in [-0.1, -0.05) is 17.7 Å². The van der Waals surface area contributed by atoms with Crippen LogP contribution >= 0.6 is 11.6 Å². The first-order chi connectivity index (χ1) is 19.8. The van der Waals surface area contributed by atoms with E-state index in [1.54, 1.807) is 6.07 Å².